The van der Waals surface area contributed by atoms with Crippen molar-refractivity contribution in [3.05, 3.63) is 222 Å². The van der Waals surface area contributed by atoms with E-state index in [1.54, 1.807) is 0 Å². The van der Waals surface area contributed by atoms with Crippen LogP contribution in [-0.4, -0.2) is 8.07 Å². The molecule has 7 aromatic carbocycles. The molecule has 0 unspecified atom stereocenters. The van der Waals surface area contributed by atoms with Gasteiger partial charge in [0.1, 0.15) is 0 Å². The van der Waals surface area contributed by atoms with Crippen LogP contribution in [0.1, 0.15) is 43.0 Å². The number of rotatable bonds is 7. The third-order valence-electron chi connectivity index (χ3n) is 11.7. The van der Waals surface area contributed by atoms with Crippen molar-refractivity contribution in [1.29, 1.82) is 0 Å². The van der Waals surface area contributed by atoms with Gasteiger partial charge in [-0.2, -0.15) is 0 Å². The number of hydrogen-bond acceptors (Lipinski definition) is 2. The molecule has 0 nitrogen and oxygen atoms in total. The van der Waals surface area contributed by atoms with Gasteiger partial charge >= 0.3 is 0 Å². The van der Waals surface area contributed by atoms with Crippen molar-refractivity contribution in [2.45, 2.75) is 25.8 Å². The van der Waals surface area contributed by atoms with E-state index in [9.17, 15) is 0 Å². The van der Waals surface area contributed by atoms with Gasteiger partial charge in [0.25, 0.3) is 0 Å². The van der Waals surface area contributed by atoms with Crippen molar-refractivity contribution in [3.8, 4) is 20.9 Å². The molecule has 2 aromatic heterocycles. The molecule has 0 atom stereocenters. The predicted octanol–water partition coefficient (Wildman–Crippen LogP) is 15.2. The smallest absolute Gasteiger partial charge is 0.135 e. The van der Waals surface area contributed by atoms with Crippen molar-refractivity contribution in [1.82, 2.24) is 0 Å². The summed E-state index contributed by atoms with van der Waals surface area (Å²) in [5.74, 6) is 0. The molecule has 0 amide bonds. The van der Waals surface area contributed by atoms with Gasteiger partial charge in [-0.25, -0.2) is 0 Å². The molecule has 0 spiro atoms. The van der Waals surface area contributed by atoms with Crippen LogP contribution in [0, 0.1) is 0 Å². The summed E-state index contributed by atoms with van der Waals surface area (Å²) < 4.78 is 2.63. The van der Waals surface area contributed by atoms with Gasteiger partial charge in [-0.05, 0) is 66.2 Å². The van der Waals surface area contributed by atoms with Gasteiger partial charge in [-0.3, -0.25) is 0 Å². The first-order valence-electron chi connectivity index (χ1n) is 19.8. The zero-order chi connectivity index (χ0) is 38.6. The van der Waals surface area contributed by atoms with E-state index < -0.39 is 8.07 Å². The molecule has 0 bridgehead atoms. The number of fused-ring (bicyclic) bond motifs is 2. The average Bonchev–Trinajstić information content (AvgIpc) is 3.93. The normalized spacial score (nSPS) is 14.2. The van der Waals surface area contributed by atoms with E-state index in [4.69, 9.17) is 0 Å². The van der Waals surface area contributed by atoms with Crippen molar-refractivity contribution in [2.24, 2.45) is 0 Å². The average molecular weight is 783 g/mol. The van der Waals surface area contributed by atoms with Gasteiger partial charge in [0.2, 0.25) is 0 Å². The topological polar surface area (TPSA) is 0 Å². The maximum absolute atomic E-state index is 3.16. The Balaban J connectivity index is 1.51. The highest BCUT2D eigenvalue weighted by Crippen LogP contribution is 2.66. The van der Waals surface area contributed by atoms with E-state index in [0.717, 1.165) is 0 Å². The second-order valence-electron chi connectivity index (χ2n) is 15.9. The lowest BCUT2D eigenvalue weighted by molar-refractivity contribution is 0.741. The molecule has 10 rings (SSSR count). The summed E-state index contributed by atoms with van der Waals surface area (Å²) in [6.07, 6.45) is 0. The van der Waals surface area contributed by atoms with E-state index in [0.29, 0.717) is 0 Å². The number of thiophene rings is 2. The molecule has 3 heteroatoms. The van der Waals surface area contributed by atoms with Crippen LogP contribution in [0.3, 0.4) is 0 Å². The zero-order valence-corrected chi connectivity index (χ0v) is 35.0. The number of benzene rings is 7. The van der Waals surface area contributed by atoms with E-state index in [1.807, 2.05) is 22.7 Å². The molecule has 0 radical (unpaired) electrons. The molecule has 0 N–H and O–H groups in total. The summed E-state index contributed by atoms with van der Waals surface area (Å²) in [4.78, 5) is 2.67. The molecule has 0 saturated heterocycles. The lowest BCUT2D eigenvalue weighted by Crippen LogP contribution is -2.56. The Morgan fingerprint density at radius 2 is 0.667 bits per heavy atom. The second-order valence-corrected chi connectivity index (χ2v) is 22.6. The minimum atomic E-state index is -3.16. The fourth-order valence-electron chi connectivity index (χ4n) is 9.49. The summed E-state index contributed by atoms with van der Waals surface area (Å²) in [7, 11) is -3.16. The van der Waals surface area contributed by atoms with Crippen molar-refractivity contribution < 1.29 is 0 Å². The Hall–Kier alpha value is -5.84. The van der Waals surface area contributed by atoms with Gasteiger partial charge in [0, 0.05) is 41.1 Å². The van der Waals surface area contributed by atoms with Crippen LogP contribution < -0.4 is 5.19 Å². The van der Waals surface area contributed by atoms with Crippen molar-refractivity contribution in [3.63, 3.8) is 0 Å². The summed E-state index contributed by atoms with van der Waals surface area (Å²) in [6, 6.07) is 74.9. The van der Waals surface area contributed by atoms with Crippen LogP contribution in [-0.2, 0) is 0 Å². The third kappa shape index (κ3) is 5.68. The Morgan fingerprint density at radius 3 is 1.04 bits per heavy atom. The number of hydrogen-bond donors (Lipinski definition) is 0. The second kappa shape index (κ2) is 14.3. The fourth-order valence-corrected chi connectivity index (χ4v) is 18.5. The lowest BCUT2D eigenvalue weighted by atomic mass is 9.88. The van der Waals surface area contributed by atoms with Crippen LogP contribution in [0.2, 0.25) is 5.04 Å². The molecule has 0 saturated carbocycles. The van der Waals surface area contributed by atoms with Crippen LogP contribution in [0.5, 0.6) is 0 Å². The summed E-state index contributed by atoms with van der Waals surface area (Å²) in [5.41, 5.74) is 10.5. The highest BCUT2D eigenvalue weighted by molar-refractivity contribution is 7.28. The first-order chi connectivity index (χ1) is 28.0. The van der Waals surface area contributed by atoms with Crippen LogP contribution >= 0.6 is 22.7 Å². The Morgan fingerprint density at radius 1 is 0.351 bits per heavy atom. The molecule has 9 aromatic rings. The minimum Gasteiger partial charge on any atom is -0.135 e. The summed E-state index contributed by atoms with van der Waals surface area (Å²) in [6.45, 7) is 7.61. The standard InChI is InChI=1S/C54H42S2Si/c1-54(2,3)57(41-31-17-8-18-32-41)52(48-42-33-19-21-35-44(42)55-50(48)39-27-13-6-14-28-39)46(37-23-9-4-10-24-37)47(38-25-11-5-12-26-38)53(57)49-43-34-20-22-36-45(43)56-51(49)40-29-15-7-16-30-40/h4-36H,1-3H3. The van der Waals surface area contributed by atoms with Gasteiger partial charge in [-0.15, -0.1) is 22.7 Å². The van der Waals surface area contributed by atoms with E-state index >= 15 is 0 Å². The van der Waals surface area contributed by atoms with Gasteiger partial charge < -0.3 is 0 Å². The highest BCUT2D eigenvalue weighted by atomic mass is 32.1. The fraction of sp³-hybridized carbons (Fsp3) is 0.0741. The monoisotopic (exact) mass is 782 g/mol. The Labute approximate surface area is 344 Å². The molecular weight excluding hydrogens is 741 g/mol. The van der Waals surface area contributed by atoms with E-state index in [2.05, 4.69) is 221 Å². The lowest BCUT2D eigenvalue weighted by Gasteiger charge is -2.46. The largest absolute Gasteiger partial charge is 0.156 e. The van der Waals surface area contributed by atoms with Gasteiger partial charge in [-0.1, -0.05) is 209 Å². The molecule has 1 aliphatic rings. The first-order valence-corrected chi connectivity index (χ1v) is 23.4. The predicted molar refractivity (Wildman–Crippen MR) is 253 cm³/mol. The summed E-state index contributed by atoms with van der Waals surface area (Å²) >= 11 is 3.88. The molecule has 1 aliphatic heterocycles. The molecule has 0 aliphatic carbocycles. The molecule has 3 heterocycles. The maximum Gasteiger partial charge on any atom is 0.156 e. The first kappa shape index (κ1) is 35.6. The quantitative estimate of drug-likeness (QED) is 0.141. The van der Waals surface area contributed by atoms with Crippen molar-refractivity contribution >= 4 is 77.6 Å². The molecule has 57 heavy (non-hydrogen) atoms. The minimum absolute atomic E-state index is 0.191. The van der Waals surface area contributed by atoms with E-state index in [1.165, 1.54) is 90.0 Å². The van der Waals surface area contributed by atoms with Crippen LogP contribution in [0.4, 0.5) is 0 Å². The molecular formula is C54H42S2Si. The summed E-state index contributed by atoms with van der Waals surface area (Å²) in [5, 5.41) is 6.91. The van der Waals surface area contributed by atoms with Crippen molar-refractivity contribution in [2.75, 3.05) is 0 Å². The Bertz CT molecular complexity index is 2770. The third-order valence-corrected chi connectivity index (χ3v) is 20.1. The Kier molecular flexibility index (Phi) is 8.90. The number of allylic oxidation sites excluding steroid dienone is 2. The van der Waals surface area contributed by atoms with E-state index in [-0.39, 0.29) is 5.04 Å². The SMILES string of the molecule is CC(C)(C)[Si]1(c2ccccc2)C(c2c(-c3ccccc3)sc3ccccc23)=C(c2ccccc2)C(c2ccccc2)=C1c1c(-c2ccccc2)sc2ccccc12. The molecule has 274 valence electrons. The maximum atomic E-state index is 2.54. The van der Waals surface area contributed by atoms with Gasteiger partial charge in [0.05, 0.1) is 0 Å². The van der Waals surface area contributed by atoms with Crippen LogP contribution in [0.15, 0.2) is 200 Å². The molecule has 0 fully saturated rings. The van der Waals surface area contributed by atoms with Gasteiger partial charge in [0.15, 0.2) is 8.07 Å². The zero-order valence-electron chi connectivity index (χ0n) is 32.4. The van der Waals surface area contributed by atoms with Crippen LogP contribution in [0.25, 0.3) is 62.6 Å². The highest BCUT2D eigenvalue weighted by Gasteiger charge is 2.59.